The van der Waals surface area contributed by atoms with Crippen molar-refractivity contribution in [2.75, 3.05) is 0 Å². The van der Waals surface area contributed by atoms with Crippen LogP contribution in [0.15, 0.2) is 30.6 Å². The van der Waals surface area contributed by atoms with Crippen LogP contribution >= 0.6 is 11.6 Å². The van der Waals surface area contributed by atoms with Crippen LogP contribution in [-0.4, -0.2) is 15.8 Å². The number of nitrogens with two attached hydrogens (primary N) is 1. The number of ether oxygens (including phenoxy) is 1. The lowest BCUT2D eigenvalue weighted by Gasteiger charge is -2.14. The van der Waals surface area contributed by atoms with E-state index < -0.39 is 0 Å². The maximum Gasteiger partial charge on any atom is 0.165 e. The van der Waals surface area contributed by atoms with Gasteiger partial charge in [-0.1, -0.05) is 37.6 Å². The molecule has 0 radical (unpaired) electrons. The van der Waals surface area contributed by atoms with Crippen molar-refractivity contribution in [2.45, 2.75) is 45.7 Å². The van der Waals surface area contributed by atoms with Crippen LogP contribution in [0.2, 0.25) is 5.02 Å². The van der Waals surface area contributed by atoms with Gasteiger partial charge in [-0.15, -0.1) is 0 Å². The van der Waals surface area contributed by atoms with E-state index in [1.54, 1.807) is 6.20 Å². The van der Waals surface area contributed by atoms with Gasteiger partial charge in [0.1, 0.15) is 5.75 Å². The lowest BCUT2D eigenvalue weighted by molar-refractivity contribution is 0.470. The molecule has 0 aliphatic rings. The number of benzene rings is 1. The first-order valence-corrected chi connectivity index (χ1v) is 7.75. The molecule has 0 saturated carbocycles. The second-order valence-corrected chi connectivity index (χ2v) is 5.55. The summed E-state index contributed by atoms with van der Waals surface area (Å²) in [5.74, 6) is 1.38. The largest absolute Gasteiger partial charge is 0.452 e. The molecule has 2 aromatic rings. The van der Waals surface area contributed by atoms with Gasteiger partial charge in [-0.05, 0) is 30.9 Å². The Hall–Kier alpha value is -1.52. The predicted octanol–water partition coefficient (Wildman–Crippen LogP) is 4.02. The van der Waals surface area contributed by atoms with E-state index in [-0.39, 0.29) is 6.04 Å². The molecule has 0 fully saturated rings. The summed E-state index contributed by atoms with van der Waals surface area (Å²) >= 11 is 6.28. The zero-order valence-corrected chi connectivity index (χ0v) is 13.3. The lowest BCUT2D eigenvalue weighted by Crippen LogP contribution is -2.21. The van der Waals surface area contributed by atoms with E-state index in [0.717, 1.165) is 31.4 Å². The highest BCUT2D eigenvalue weighted by Crippen LogP contribution is 2.33. The molecule has 0 aliphatic carbocycles. The van der Waals surface area contributed by atoms with Gasteiger partial charge in [0.15, 0.2) is 5.75 Å². The van der Waals surface area contributed by atoms with Gasteiger partial charge in [0, 0.05) is 12.6 Å². The standard InChI is InChI=1S/C16H22ClN3O/c1-3-8-20-11-14(10-19-20)21-16-12(9-13(18)4-2)6-5-7-15(16)17/h5-7,10-11,13H,3-4,8-9,18H2,1-2H3. The van der Waals surface area contributed by atoms with Gasteiger partial charge in [0.25, 0.3) is 0 Å². The number of hydrogen-bond donors (Lipinski definition) is 1. The van der Waals surface area contributed by atoms with Crippen molar-refractivity contribution in [1.82, 2.24) is 9.78 Å². The topological polar surface area (TPSA) is 53.1 Å². The van der Waals surface area contributed by atoms with Crippen molar-refractivity contribution >= 4 is 11.6 Å². The molecule has 1 aromatic heterocycles. The van der Waals surface area contributed by atoms with Gasteiger partial charge in [-0.2, -0.15) is 5.10 Å². The van der Waals surface area contributed by atoms with Crippen LogP contribution in [0.25, 0.3) is 0 Å². The van der Waals surface area contributed by atoms with Crippen LogP contribution < -0.4 is 10.5 Å². The van der Waals surface area contributed by atoms with E-state index in [1.165, 1.54) is 0 Å². The molecule has 0 spiro atoms. The van der Waals surface area contributed by atoms with Gasteiger partial charge < -0.3 is 10.5 Å². The number of rotatable bonds is 7. The predicted molar refractivity (Wildman–Crippen MR) is 86.0 cm³/mol. The Bertz CT molecular complexity index is 583. The smallest absolute Gasteiger partial charge is 0.165 e. The summed E-state index contributed by atoms with van der Waals surface area (Å²) in [5.41, 5.74) is 7.07. The van der Waals surface area contributed by atoms with Crippen molar-refractivity contribution in [1.29, 1.82) is 0 Å². The normalized spacial score (nSPS) is 12.4. The number of hydrogen-bond acceptors (Lipinski definition) is 3. The first kappa shape index (κ1) is 15.9. The molecule has 21 heavy (non-hydrogen) atoms. The first-order chi connectivity index (χ1) is 10.1. The third-order valence-corrected chi connectivity index (χ3v) is 3.63. The van der Waals surface area contributed by atoms with Gasteiger partial charge in [0.05, 0.1) is 17.4 Å². The summed E-state index contributed by atoms with van der Waals surface area (Å²) in [7, 11) is 0. The molecular weight excluding hydrogens is 286 g/mol. The van der Waals surface area contributed by atoms with Crippen molar-refractivity contribution in [3.8, 4) is 11.5 Å². The summed E-state index contributed by atoms with van der Waals surface area (Å²) in [6.45, 7) is 5.06. The summed E-state index contributed by atoms with van der Waals surface area (Å²) in [4.78, 5) is 0. The summed E-state index contributed by atoms with van der Waals surface area (Å²) in [6, 6.07) is 5.86. The number of halogens is 1. The van der Waals surface area contributed by atoms with E-state index in [1.807, 2.05) is 29.1 Å². The molecule has 5 heteroatoms. The average Bonchev–Trinajstić information content (AvgIpc) is 2.90. The summed E-state index contributed by atoms with van der Waals surface area (Å²) in [6.07, 6.45) is 6.29. The second kappa shape index (κ2) is 7.48. The number of nitrogens with zero attached hydrogens (tertiary/aromatic N) is 2. The molecule has 1 unspecified atom stereocenters. The Labute approximate surface area is 130 Å². The second-order valence-electron chi connectivity index (χ2n) is 5.14. The van der Waals surface area contributed by atoms with Crippen molar-refractivity contribution < 1.29 is 4.74 Å². The number of aromatic nitrogens is 2. The Kier molecular flexibility index (Phi) is 5.65. The molecule has 4 nitrogen and oxygen atoms in total. The fourth-order valence-corrected chi connectivity index (χ4v) is 2.35. The molecule has 2 rings (SSSR count). The molecule has 0 aliphatic heterocycles. The minimum atomic E-state index is 0.105. The van der Waals surface area contributed by atoms with E-state index in [9.17, 15) is 0 Å². The Morgan fingerprint density at radius 3 is 2.90 bits per heavy atom. The molecule has 2 N–H and O–H groups in total. The summed E-state index contributed by atoms with van der Waals surface area (Å²) < 4.78 is 7.81. The third kappa shape index (κ3) is 4.22. The van der Waals surface area contributed by atoms with Gasteiger partial charge >= 0.3 is 0 Å². The van der Waals surface area contributed by atoms with Crippen LogP contribution in [0.5, 0.6) is 11.5 Å². The first-order valence-electron chi connectivity index (χ1n) is 7.37. The van der Waals surface area contributed by atoms with Crippen LogP contribution in [0.3, 0.4) is 0 Å². The fraction of sp³-hybridized carbons (Fsp3) is 0.438. The molecule has 114 valence electrons. The minimum Gasteiger partial charge on any atom is -0.452 e. The highest BCUT2D eigenvalue weighted by Gasteiger charge is 2.13. The van der Waals surface area contributed by atoms with Gasteiger partial charge in [-0.25, -0.2) is 0 Å². The highest BCUT2D eigenvalue weighted by atomic mass is 35.5. The molecule has 0 bridgehead atoms. The van der Waals surface area contributed by atoms with Crippen LogP contribution in [0.1, 0.15) is 32.3 Å². The van der Waals surface area contributed by atoms with Crippen LogP contribution in [-0.2, 0) is 13.0 Å². The van der Waals surface area contributed by atoms with E-state index in [2.05, 4.69) is 18.9 Å². The third-order valence-electron chi connectivity index (χ3n) is 3.34. The van der Waals surface area contributed by atoms with Crippen molar-refractivity contribution in [2.24, 2.45) is 5.73 Å². The van der Waals surface area contributed by atoms with Crippen molar-refractivity contribution in [3.05, 3.63) is 41.2 Å². The zero-order valence-electron chi connectivity index (χ0n) is 12.6. The molecule has 1 heterocycles. The Morgan fingerprint density at radius 1 is 1.38 bits per heavy atom. The maximum absolute atomic E-state index is 6.28. The van der Waals surface area contributed by atoms with Gasteiger partial charge in [-0.3, -0.25) is 4.68 Å². The maximum atomic E-state index is 6.28. The van der Waals surface area contributed by atoms with E-state index in [4.69, 9.17) is 22.1 Å². The van der Waals surface area contributed by atoms with Crippen molar-refractivity contribution in [3.63, 3.8) is 0 Å². The van der Waals surface area contributed by atoms with Gasteiger partial charge in [0.2, 0.25) is 0 Å². The number of para-hydroxylation sites is 1. The minimum absolute atomic E-state index is 0.105. The monoisotopic (exact) mass is 307 g/mol. The van der Waals surface area contributed by atoms with Crippen LogP contribution in [0, 0.1) is 0 Å². The highest BCUT2D eigenvalue weighted by molar-refractivity contribution is 6.32. The summed E-state index contributed by atoms with van der Waals surface area (Å²) in [5, 5.41) is 4.86. The Balaban J connectivity index is 2.21. The molecule has 1 atom stereocenters. The molecule has 0 amide bonds. The lowest BCUT2D eigenvalue weighted by atomic mass is 10.0. The SMILES string of the molecule is CCCn1cc(Oc2c(Cl)cccc2CC(N)CC)cn1. The van der Waals surface area contributed by atoms with Crippen LogP contribution in [0.4, 0.5) is 0 Å². The molecule has 0 saturated heterocycles. The van der Waals surface area contributed by atoms with E-state index in [0.29, 0.717) is 16.5 Å². The Morgan fingerprint density at radius 2 is 2.19 bits per heavy atom. The quantitative estimate of drug-likeness (QED) is 0.840. The number of aryl methyl sites for hydroxylation is 1. The molecule has 1 aromatic carbocycles. The zero-order chi connectivity index (χ0) is 15.2. The van der Waals surface area contributed by atoms with E-state index >= 15 is 0 Å². The average molecular weight is 308 g/mol. The fourth-order valence-electron chi connectivity index (χ4n) is 2.12. The molecular formula is C16H22ClN3O.